The van der Waals surface area contributed by atoms with Crippen LogP contribution in [-0.2, 0) is 17.8 Å². The number of fused-ring (bicyclic) bond motifs is 2. The monoisotopic (exact) mass is 519 g/mol. The minimum atomic E-state index is -0.216. The first-order chi connectivity index (χ1) is 18.4. The summed E-state index contributed by atoms with van der Waals surface area (Å²) in [7, 11) is 0. The second kappa shape index (κ2) is 11.5. The predicted octanol–water partition coefficient (Wildman–Crippen LogP) is 3.12. The lowest BCUT2D eigenvalue weighted by molar-refractivity contribution is 0.0950. The molecule has 3 aromatic heterocycles. The molecule has 4 aromatic rings. The van der Waals surface area contributed by atoms with Crippen LogP contribution in [0.25, 0.3) is 16.6 Å². The second-order valence-corrected chi connectivity index (χ2v) is 10.7. The Bertz CT molecular complexity index is 1380. The van der Waals surface area contributed by atoms with Gasteiger partial charge in [0, 0.05) is 36.9 Å². The van der Waals surface area contributed by atoms with Gasteiger partial charge in [-0.15, -0.1) is 0 Å². The average molecular weight is 520 g/mol. The maximum absolute atomic E-state index is 13.1. The molecule has 38 heavy (non-hydrogen) atoms. The van der Waals surface area contributed by atoms with Gasteiger partial charge in [0.1, 0.15) is 18.0 Å². The zero-order chi connectivity index (χ0) is 26.5. The van der Waals surface area contributed by atoms with Gasteiger partial charge in [-0.2, -0.15) is 5.10 Å². The molecule has 4 heterocycles. The Labute approximate surface area is 222 Å². The number of pyridine rings is 1. The molecule has 1 amide bonds. The van der Waals surface area contributed by atoms with Gasteiger partial charge in [0.25, 0.3) is 5.91 Å². The van der Waals surface area contributed by atoms with E-state index in [2.05, 4.69) is 51.5 Å². The van der Waals surface area contributed by atoms with E-state index in [-0.39, 0.29) is 5.91 Å². The number of H-pyrrole nitrogens is 1. The molecule has 0 aliphatic carbocycles. The third-order valence-corrected chi connectivity index (χ3v) is 7.14. The van der Waals surface area contributed by atoms with Crippen LogP contribution in [0, 0.1) is 5.41 Å². The molecule has 0 bridgehead atoms. The van der Waals surface area contributed by atoms with Crippen molar-refractivity contribution in [2.24, 2.45) is 11.1 Å². The number of hydrogen-bond acceptors (Lipinski definition) is 7. The summed E-state index contributed by atoms with van der Waals surface area (Å²) in [6, 6.07) is 7.74. The smallest absolute Gasteiger partial charge is 0.252 e. The lowest BCUT2D eigenvalue weighted by Crippen LogP contribution is -2.36. The Hall–Kier alpha value is -3.47. The summed E-state index contributed by atoms with van der Waals surface area (Å²) in [6.45, 7) is 9.95. The number of carbonyl (C=O) groups excluding carboxylic acids is 1. The van der Waals surface area contributed by atoms with Crippen molar-refractivity contribution in [3.63, 3.8) is 0 Å². The molecular weight excluding hydrogens is 482 g/mol. The normalized spacial score (nSPS) is 15.8. The van der Waals surface area contributed by atoms with Crippen LogP contribution < -0.4 is 15.8 Å². The number of nitrogens with one attached hydrogen (secondary N) is 2. The largest absolute Gasteiger partial charge is 0.491 e. The molecule has 0 unspecified atom stereocenters. The minimum Gasteiger partial charge on any atom is -0.491 e. The first-order valence-corrected chi connectivity index (χ1v) is 13.2. The van der Waals surface area contributed by atoms with Crippen LogP contribution in [0.1, 0.15) is 48.3 Å². The number of nitrogens with zero attached hydrogens (tertiary/aromatic N) is 4. The summed E-state index contributed by atoms with van der Waals surface area (Å²) in [4.78, 5) is 20.4. The van der Waals surface area contributed by atoms with Crippen molar-refractivity contribution in [1.82, 2.24) is 29.8 Å². The molecule has 1 aromatic carbocycles. The molecule has 4 N–H and O–H groups in total. The van der Waals surface area contributed by atoms with E-state index in [0.29, 0.717) is 49.6 Å². The molecule has 0 saturated carbocycles. The number of carbonyl (C=O) groups is 1. The van der Waals surface area contributed by atoms with Crippen LogP contribution in [0.5, 0.6) is 5.75 Å². The number of imidazole rings is 1. The van der Waals surface area contributed by atoms with Gasteiger partial charge in [0.05, 0.1) is 42.7 Å². The molecule has 1 saturated heterocycles. The van der Waals surface area contributed by atoms with Gasteiger partial charge in [-0.25, -0.2) is 4.98 Å². The van der Waals surface area contributed by atoms with Gasteiger partial charge in [-0.3, -0.25) is 14.8 Å². The summed E-state index contributed by atoms with van der Waals surface area (Å²) in [5, 5.41) is 10.7. The van der Waals surface area contributed by atoms with Crippen LogP contribution in [0.15, 0.2) is 42.9 Å². The quantitative estimate of drug-likeness (QED) is 0.260. The molecule has 0 atom stereocenters. The molecule has 0 radical (unpaired) electrons. The van der Waals surface area contributed by atoms with E-state index < -0.39 is 0 Å². The fraction of sp³-hybridized carbons (Fsp3) is 0.464. The number of nitrogens with two attached hydrogens (primary N) is 1. The maximum atomic E-state index is 13.1. The Morgan fingerprint density at radius 2 is 2.00 bits per heavy atom. The second-order valence-electron chi connectivity index (χ2n) is 10.7. The fourth-order valence-electron chi connectivity index (χ4n) is 4.81. The van der Waals surface area contributed by atoms with Crippen LogP contribution in [-0.4, -0.2) is 69.8 Å². The van der Waals surface area contributed by atoms with Crippen LogP contribution in [0.3, 0.4) is 0 Å². The average Bonchev–Trinajstić information content (AvgIpc) is 3.54. The number of likely N-dealkylation sites (tertiary alicyclic amines) is 1. The summed E-state index contributed by atoms with van der Waals surface area (Å²) in [6.07, 6.45) is 8.22. The van der Waals surface area contributed by atoms with Gasteiger partial charge < -0.3 is 24.9 Å². The number of rotatable bonds is 11. The van der Waals surface area contributed by atoms with Crippen LogP contribution >= 0.6 is 0 Å². The first kappa shape index (κ1) is 26.1. The number of aromatic nitrogens is 4. The van der Waals surface area contributed by atoms with E-state index in [1.807, 2.05) is 22.7 Å². The molecule has 0 spiro atoms. The number of hydrogen-bond donors (Lipinski definition) is 3. The highest BCUT2D eigenvalue weighted by atomic mass is 16.5. The number of amides is 1. The van der Waals surface area contributed by atoms with Crippen molar-refractivity contribution < 1.29 is 14.3 Å². The SMILES string of the molecule is CC1(C)CCN(Cc2ccc3nc(CNC(=O)c4cc(OCCOCCN)cc5[nH]ncc45)cn3c2)CC1. The fourth-order valence-corrected chi connectivity index (χ4v) is 4.81. The highest BCUT2D eigenvalue weighted by Crippen LogP contribution is 2.30. The van der Waals surface area contributed by atoms with Crippen molar-refractivity contribution in [1.29, 1.82) is 0 Å². The number of piperidine rings is 1. The number of ether oxygens (including phenoxy) is 2. The van der Waals surface area contributed by atoms with Gasteiger partial charge in [0.15, 0.2) is 0 Å². The topological polar surface area (TPSA) is 123 Å². The molecule has 10 nitrogen and oxygen atoms in total. The van der Waals surface area contributed by atoms with Crippen LogP contribution in [0.2, 0.25) is 0 Å². The Morgan fingerprint density at radius 3 is 2.82 bits per heavy atom. The van der Waals surface area contributed by atoms with Gasteiger partial charge in [-0.05, 0) is 49.0 Å². The van der Waals surface area contributed by atoms with E-state index in [1.54, 1.807) is 12.3 Å². The lowest BCUT2D eigenvalue weighted by Gasteiger charge is -2.36. The molecule has 1 aliphatic rings. The number of aromatic amines is 1. The van der Waals surface area contributed by atoms with E-state index in [0.717, 1.165) is 41.9 Å². The highest BCUT2D eigenvalue weighted by molar-refractivity contribution is 6.06. The molecule has 10 heteroatoms. The van der Waals surface area contributed by atoms with Crippen molar-refractivity contribution in [2.45, 2.75) is 39.8 Å². The Balaban J connectivity index is 1.21. The third-order valence-electron chi connectivity index (χ3n) is 7.14. The molecule has 5 rings (SSSR count). The zero-order valence-electron chi connectivity index (χ0n) is 22.2. The summed E-state index contributed by atoms with van der Waals surface area (Å²) < 4.78 is 13.2. The van der Waals surface area contributed by atoms with Crippen molar-refractivity contribution in [3.8, 4) is 5.75 Å². The summed E-state index contributed by atoms with van der Waals surface area (Å²) in [5.41, 5.74) is 10.0. The van der Waals surface area contributed by atoms with Gasteiger partial charge in [0.2, 0.25) is 0 Å². The highest BCUT2D eigenvalue weighted by Gasteiger charge is 2.25. The van der Waals surface area contributed by atoms with Crippen molar-refractivity contribution in [3.05, 3.63) is 59.7 Å². The van der Waals surface area contributed by atoms with E-state index in [4.69, 9.17) is 15.2 Å². The van der Waals surface area contributed by atoms with E-state index in [1.165, 1.54) is 18.4 Å². The van der Waals surface area contributed by atoms with Gasteiger partial charge >= 0.3 is 0 Å². The van der Waals surface area contributed by atoms with E-state index >= 15 is 0 Å². The Morgan fingerprint density at radius 1 is 1.16 bits per heavy atom. The maximum Gasteiger partial charge on any atom is 0.252 e. The lowest BCUT2D eigenvalue weighted by atomic mass is 9.82. The summed E-state index contributed by atoms with van der Waals surface area (Å²) in [5.74, 6) is 0.354. The number of benzene rings is 1. The molecule has 1 aliphatic heterocycles. The van der Waals surface area contributed by atoms with Crippen LogP contribution in [0.4, 0.5) is 0 Å². The standard InChI is InChI=1S/C28H37N7O3/c1-28(2)5-8-34(9-6-28)17-20-3-4-26-32-21(19-35(26)18-20)15-30-27(36)23-13-22(38-12-11-37-10-7-29)14-25-24(23)16-31-33-25/h3-4,13-14,16,18-19H,5-12,15,17,29H2,1-2H3,(H,30,36)(H,31,33). The molecular formula is C28H37N7O3. The molecule has 1 fully saturated rings. The molecule has 202 valence electrons. The summed E-state index contributed by atoms with van der Waals surface area (Å²) >= 11 is 0. The third kappa shape index (κ3) is 6.32. The van der Waals surface area contributed by atoms with Crippen molar-refractivity contribution in [2.75, 3.05) is 39.5 Å². The zero-order valence-corrected chi connectivity index (χ0v) is 22.2. The van der Waals surface area contributed by atoms with Gasteiger partial charge in [-0.1, -0.05) is 19.9 Å². The van der Waals surface area contributed by atoms with Crippen molar-refractivity contribution >= 4 is 22.5 Å². The first-order valence-electron chi connectivity index (χ1n) is 13.2. The minimum absolute atomic E-state index is 0.216. The van der Waals surface area contributed by atoms with E-state index in [9.17, 15) is 4.79 Å². The Kier molecular flexibility index (Phi) is 7.92. The predicted molar refractivity (Wildman–Crippen MR) is 146 cm³/mol.